The van der Waals surface area contributed by atoms with Gasteiger partial charge in [-0.1, -0.05) is 36.4 Å². The van der Waals surface area contributed by atoms with Crippen LogP contribution >= 0.6 is 31.9 Å². The lowest BCUT2D eigenvalue weighted by Gasteiger charge is -2.05. The maximum atomic E-state index is 14.8. The number of para-hydroxylation sites is 1. The average molecular weight is 479 g/mol. The molecule has 2 aromatic carbocycles. The second kappa shape index (κ2) is 7.89. The summed E-state index contributed by atoms with van der Waals surface area (Å²) in [7, 11) is 0. The van der Waals surface area contributed by atoms with Gasteiger partial charge in [0.25, 0.3) is 0 Å². The molecular formula is C21H18Br2FNO. The normalized spacial score (nSPS) is 22.1. The number of rotatable bonds is 5. The Morgan fingerprint density at radius 3 is 2.69 bits per heavy atom. The van der Waals surface area contributed by atoms with Crippen LogP contribution in [0.4, 0.5) is 10.1 Å². The summed E-state index contributed by atoms with van der Waals surface area (Å²) in [4.78, 5) is 11.9. The van der Waals surface area contributed by atoms with E-state index in [0.29, 0.717) is 6.42 Å². The summed E-state index contributed by atoms with van der Waals surface area (Å²) in [5.41, 5.74) is 1.39. The van der Waals surface area contributed by atoms with Crippen LogP contribution < -0.4 is 5.32 Å². The second-order valence-electron chi connectivity index (χ2n) is 6.38. The minimum atomic E-state index is -1.34. The first-order valence-electron chi connectivity index (χ1n) is 8.25. The zero-order chi connectivity index (χ0) is 18.7. The zero-order valence-electron chi connectivity index (χ0n) is 14.2. The number of benzene rings is 2. The van der Waals surface area contributed by atoms with E-state index in [1.807, 2.05) is 49.4 Å². The molecule has 5 heteroatoms. The van der Waals surface area contributed by atoms with Crippen molar-refractivity contribution in [2.24, 2.45) is 0 Å². The Morgan fingerprint density at radius 2 is 1.96 bits per heavy atom. The van der Waals surface area contributed by atoms with Gasteiger partial charge in [-0.3, -0.25) is 4.79 Å². The van der Waals surface area contributed by atoms with Gasteiger partial charge in [0.1, 0.15) is 5.67 Å². The molecule has 2 aromatic rings. The quantitative estimate of drug-likeness (QED) is 0.387. The smallest absolute Gasteiger partial charge is 0.248 e. The van der Waals surface area contributed by atoms with Gasteiger partial charge in [-0.15, -0.1) is 0 Å². The molecule has 0 heterocycles. The SMILES string of the molecule is Cc1ccccc1NC(=O)/C=C/C=C/C1(F)CC1c1ccc(Br)c(Br)c1. The number of aryl methyl sites for hydroxylation is 1. The lowest BCUT2D eigenvalue weighted by molar-refractivity contribution is -0.111. The number of carbonyl (C=O) groups excluding carboxylic acids is 1. The lowest BCUT2D eigenvalue weighted by Crippen LogP contribution is -2.08. The van der Waals surface area contributed by atoms with Crippen molar-refractivity contribution in [2.75, 3.05) is 5.32 Å². The number of alkyl halides is 1. The average Bonchev–Trinajstić information content (AvgIpc) is 3.28. The monoisotopic (exact) mass is 477 g/mol. The molecule has 1 fully saturated rings. The summed E-state index contributed by atoms with van der Waals surface area (Å²) in [5, 5.41) is 2.81. The summed E-state index contributed by atoms with van der Waals surface area (Å²) in [6.07, 6.45) is 6.57. The summed E-state index contributed by atoms with van der Waals surface area (Å²) in [6.45, 7) is 1.93. The number of hydrogen-bond donors (Lipinski definition) is 1. The van der Waals surface area contributed by atoms with E-state index in [-0.39, 0.29) is 11.8 Å². The van der Waals surface area contributed by atoms with E-state index in [4.69, 9.17) is 0 Å². The predicted molar refractivity (Wildman–Crippen MR) is 111 cm³/mol. The predicted octanol–water partition coefficient (Wildman–Crippen LogP) is 6.47. The number of amides is 1. The van der Waals surface area contributed by atoms with E-state index < -0.39 is 5.67 Å². The molecule has 0 aromatic heterocycles. The van der Waals surface area contributed by atoms with Crippen LogP contribution in [0.15, 0.2) is 75.7 Å². The number of allylic oxidation sites excluding steroid dienone is 3. The zero-order valence-corrected chi connectivity index (χ0v) is 17.3. The molecule has 1 aliphatic rings. The molecule has 0 spiro atoms. The molecule has 1 aliphatic carbocycles. The minimum Gasteiger partial charge on any atom is -0.322 e. The van der Waals surface area contributed by atoms with E-state index in [1.54, 1.807) is 12.2 Å². The molecule has 0 radical (unpaired) electrons. The van der Waals surface area contributed by atoms with Crippen LogP contribution in [0.5, 0.6) is 0 Å². The van der Waals surface area contributed by atoms with Crippen molar-refractivity contribution in [3.8, 4) is 0 Å². The number of carbonyl (C=O) groups is 1. The van der Waals surface area contributed by atoms with E-state index in [1.165, 1.54) is 12.2 Å². The summed E-state index contributed by atoms with van der Waals surface area (Å²) in [6, 6.07) is 13.3. The van der Waals surface area contributed by atoms with Crippen molar-refractivity contribution in [2.45, 2.75) is 24.9 Å². The van der Waals surface area contributed by atoms with Crippen LogP contribution in [-0.2, 0) is 4.79 Å². The van der Waals surface area contributed by atoms with Crippen LogP contribution in [0, 0.1) is 6.92 Å². The van der Waals surface area contributed by atoms with E-state index in [9.17, 15) is 9.18 Å². The van der Waals surface area contributed by atoms with Gasteiger partial charge in [-0.2, -0.15) is 0 Å². The number of halogens is 3. The van der Waals surface area contributed by atoms with Crippen LogP contribution in [-0.4, -0.2) is 11.6 Å². The third kappa shape index (κ3) is 4.51. The van der Waals surface area contributed by atoms with Gasteiger partial charge in [0.2, 0.25) is 5.91 Å². The fourth-order valence-corrected chi connectivity index (χ4v) is 3.45. The van der Waals surface area contributed by atoms with Crippen molar-refractivity contribution in [3.05, 3.63) is 86.8 Å². The maximum Gasteiger partial charge on any atom is 0.248 e. The number of anilines is 1. The Morgan fingerprint density at radius 1 is 1.19 bits per heavy atom. The Labute approximate surface area is 169 Å². The van der Waals surface area contributed by atoms with Gasteiger partial charge in [0.15, 0.2) is 0 Å². The van der Waals surface area contributed by atoms with Crippen LogP contribution in [0.2, 0.25) is 0 Å². The van der Waals surface area contributed by atoms with Crippen LogP contribution in [0.1, 0.15) is 23.5 Å². The molecule has 0 aliphatic heterocycles. The van der Waals surface area contributed by atoms with Crippen molar-refractivity contribution in [1.82, 2.24) is 0 Å². The summed E-state index contributed by atoms with van der Waals surface area (Å²) < 4.78 is 16.6. The van der Waals surface area contributed by atoms with E-state index in [2.05, 4.69) is 37.2 Å². The Hall–Kier alpha value is -1.72. The molecule has 1 amide bonds. The van der Waals surface area contributed by atoms with E-state index >= 15 is 0 Å². The highest BCUT2D eigenvalue weighted by Crippen LogP contribution is 2.56. The Bertz CT molecular complexity index is 893. The molecule has 3 rings (SSSR count). The maximum absolute atomic E-state index is 14.8. The summed E-state index contributed by atoms with van der Waals surface area (Å²) >= 11 is 6.87. The molecule has 2 unspecified atom stereocenters. The second-order valence-corrected chi connectivity index (χ2v) is 8.09. The highest BCUT2D eigenvalue weighted by atomic mass is 79.9. The molecule has 1 N–H and O–H groups in total. The summed E-state index contributed by atoms with van der Waals surface area (Å²) in [5.74, 6) is -0.376. The Balaban J connectivity index is 1.57. The van der Waals surface area contributed by atoms with E-state index in [0.717, 1.165) is 25.8 Å². The highest BCUT2D eigenvalue weighted by Gasteiger charge is 2.54. The highest BCUT2D eigenvalue weighted by molar-refractivity contribution is 9.13. The van der Waals surface area contributed by atoms with Crippen molar-refractivity contribution >= 4 is 43.5 Å². The third-order valence-electron chi connectivity index (χ3n) is 4.42. The molecule has 0 bridgehead atoms. The minimum absolute atomic E-state index is 0.141. The molecule has 2 atom stereocenters. The molecule has 2 nitrogen and oxygen atoms in total. The molecule has 0 saturated heterocycles. The van der Waals surface area contributed by atoms with Gasteiger partial charge < -0.3 is 5.32 Å². The van der Waals surface area contributed by atoms with Crippen LogP contribution in [0.25, 0.3) is 0 Å². The number of hydrogen-bond acceptors (Lipinski definition) is 1. The van der Waals surface area contributed by atoms with Crippen molar-refractivity contribution in [1.29, 1.82) is 0 Å². The van der Waals surface area contributed by atoms with Crippen LogP contribution in [0.3, 0.4) is 0 Å². The first-order valence-corrected chi connectivity index (χ1v) is 9.84. The first-order chi connectivity index (χ1) is 12.4. The van der Waals surface area contributed by atoms with Crippen molar-refractivity contribution < 1.29 is 9.18 Å². The van der Waals surface area contributed by atoms with Gasteiger partial charge in [-0.25, -0.2) is 4.39 Å². The van der Waals surface area contributed by atoms with Crippen molar-refractivity contribution in [3.63, 3.8) is 0 Å². The lowest BCUT2D eigenvalue weighted by atomic mass is 10.1. The molecule has 134 valence electrons. The van der Waals surface area contributed by atoms with Gasteiger partial charge in [-0.05, 0) is 80.6 Å². The molecular weight excluding hydrogens is 461 g/mol. The molecule has 1 saturated carbocycles. The largest absolute Gasteiger partial charge is 0.322 e. The van der Waals surface area contributed by atoms with Gasteiger partial charge in [0, 0.05) is 26.6 Å². The fourth-order valence-electron chi connectivity index (χ4n) is 2.81. The van der Waals surface area contributed by atoms with Gasteiger partial charge >= 0.3 is 0 Å². The Kier molecular flexibility index (Phi) is 5.78. The third-order valence-corrected chi connectivity index (χ3v) is 6.30. The fraction of sp³-hybridized carbons (Fsp3) is 0.190. The van der Waals surface area contributed by atoms with Gasteiger partial charge in [0.05, 0.1) is 0 Å². The topological polar surface area (TPSA) is 29.1 Å². The standard InChI is InChI=1S/C21H18Br2FNO/c1-14-6-2-3-7-19(14)25-20(26)8-4-5-11-21(24)13-16(21)15-9-10-17(22)18(23)12-15/h2-12,16H,13H2,1H3,(H,25,26)/b8-4+,11-5+. The molecule has 26 heavy (non-hydrogen) atoms. The first kappa shape index (κ1) is 19.1. The number of nitrogens with one attached hydrogen (secondary N) is 1.